The Hall–Kier alpha value is -2.37. The Labute approximate surface area is 95.1 Å². The van der Waals surface area contributed by atoms with Crippen LogP contribution in [0.25, 0.3) is 5.69 Å². The van der Waals surface area contributed by atoms with Crippen molar-refractivity contribution < 1.29 is 14.3 Å². The van der Waals surface area contributed by atoms with Gasteiger partial charge in [0.15, 0.2) is 5.78 Å². The summed E-state index contributed by atoms with van der Waals surface area (Å²) >= 11 is 0. The fraction of sp³-hybridized carbons (Fsp3) is 0.0909. The van der Waals surface area contributed by atoms with Crippen molar-refractivity contribution in [3.05, 3.63) is 46.0 Å². The molecule has 0 radical (unpaired) electrons. The Morgan fingerprint density at radius 1 is 1.35 bits per heavy atom. The van der Waals surface area contributed by atoms with Crippen LogP contribution in [-0.2, 0) is 0 Å². The molecule has 88 valence electrons. The maximum atomic E-state index is 12.7. The monoisotopic (exact) mass is 236 g/mol. The van der Waals surface area contributed by atoms with E-state index < -0.39 is 23.0 Å². The van der Waals surface area contributed by atoms with Crippen LogP contribution >= 0.6 is 0 Å². The second-order valence-electron chi connectivity index (χ2n) is 3.51. The second kappa shape index (κ2) is 3.89. The summed E-state index contributed by atoms with van der Waals surface area (Å²) < 4.78 is 13.7. The first-order valence-electron chi connectivity index (χ1n) is 4.81. The summed E-state index contributed by atoms with van der Waals surface area (Å²) in [7, 11) is 0. The van der Waals surface area contributed by atoms with E-state index in [4.69, 9.17) is 0 Å². The predicted molar refractivity (Wildman–Crippen MR) is 58.0 cm³/mol. The van der Waals surface area contributed by atoms with Crippen LogP contribution in [0, 0.1) is 5.82 Å². The third-order valence-electron chi connectivity index (χ3n) is 2.31. The Bertz CT molecular complexity index is 625. The molecule has 0 aliphatic heterocycles. The zero-order valence-electron chi connectivity index (χ0n) is 8.90. The Kier molecular flexibility index (Phi) is 2.55. The first-order chi connectivity index (χ1) is 8.00. The van der Waals surface area contributed by atoms with Crippen molar-refractivity contribution >= 4 is 5.78 Å². The van der Waals surface area contributed by atoms with E-state index in [2.05, 4.69) is 5.10 Å². The molecule has 5 nitrogen and oxygen atoms in total. The number of carbonyl (C=O) groups is 1. The lowest BCUT2D eigenvalue weighted by Crippen LogP contribution is -2.10. The van der Waals surface area contributed by atoms with E-state index in [0.717, 1.165) is 4.68 Å². The largest absolute Gasteiger partial charge is 0.493 e. The van der Waals surface area contributed by atoms with E-state index >= 15 is 0 Å². The van der Waals surface area contributed by atoms with Gasteiger partial charge in [0, 0.05) is 0 Å². The van der Waals surface area contributed by atoms with Gasteiger partial charge in [-0.25, -0.2) is 9.07 Å². The smallest absolute Gasteiger partial charge is 0.279 e. The number of aromatic amines is 1. The van der Waals surface area contributed by atoms with Crippen LogP contribution in [0.5, 0.6) is 5.88 Å². The van der Waals surface area contributed by atoms with Gasteiger partial charge >= 0.3 is 0 Å². The molecule has 0 saturated heterocycles. The van der Waals surface area contributed by atoms with E-state index in [1.807, 2.05) is 0 Å². The van der Waals surface area contributed by atoms with Gasteiger partial charge in [-0.05, 0) is 31.2 Å². The molecule has 1 aromatic carbocycles. The fourth-order valence-electron chi connectivity index (χ4n) is 1.52. The molecule has 0 aliphatic rings. The normalized spacial score (nSPS) is 10.5. The summed E-state index contributed by atoms with van der Waals surface area (Å²) in [5, 5.41) is 12.0. The molecule has 6 heteroatoms. The minimum atomic E-state index is -0.681. The number of carbonyl (C=O) groups excluding carboxylic acids is 1. The number of rotatable bonds is 2. The summed E-state index contributed by atoms with van der Waals surface area (Å²) in [6, 6.07) is 5.10. The number of hydrogen-bond donors (Lipinski definition) is 2. The molecule has 2 aromatic rings. The van der Waals surface area contributed by atoms with E-state index in [0.29, 0.717) is 5.69 Å². The van der Waals surface area contributed by atoms with Crippen LogP contribution in [0.4, 0.5) is 4.39 Å². The lowest BCUT2D eigenvalue weighted by molar-refractivity contribution is 0.101. The van der Waals surface area contributed by atoms with Crippen molar-refractivity contribution in [3.8, 4) is 11.6 Å². The summed E-state index contributed by atoms with van der Waals surface area (Å²) in [5.41, 5.74) is -0.637. The van der Waals surface area contributed by atoms with Crippen molar-refractivity contribution in [2.24, 2.45) is 0 Å². The number of nitrogens with zero attached hydrogens (tertiary/aromatic N) is 1. The highest BCUT2D eigenvalue weighted by molar-refractivity contribution is 5.96. The molecule has 2 rings (SSSR count). The van der Waals surface area contributed by atoms with Gasteiger partial charge in [0.05, 0.1) is 5.69 Å². The molecule has 0 fully saturated rings. The Balaban J connectivity index is 2.61. The zero-order chi connectivity index (χ0) is 12.6. The molecule has 17 heavy (non-hydrogen) atoms. The third-order valence-corrected chi connectivity index (χ3v) is 2.31. The zero-order valence-corrected chi connectivity index (χ0v) is 8.90. The van der Waals surface area contributed by atoms with Gasteiger partial charge < -0.3 is 5.11 Å². The molecule has 1 heterocycles. The topological polar surface area (TPSA) is 75.1 Å². The standard InChI is InChI=1S/C11H9FN2O3/c1-6(15)9-10(16)13-14(11(9)17)8-4-2-7(12)3-5-8/h2-5,17H,1H3,(H,13,16). The van der Waals surface area contributed by atoms with Crippen molar-refractivity contribution in [2.75, 3.05) is 0 Å². The van der Waals surface area contributed by atoms with E-state index in [9.17, 15) is 19.1 Å². The van der Waals surface area contributed by atoms with Crippen LogP contribution in [-0.4, -0.2) is 20.7 Å². The number of Topliss-reactive ketones (excluding diaryl/α,β-unsaturated/α-hetero) is 1. The summed E-state index contributed by atoms with van der Waals surface area (Å²) in [4.78, 5) is 22.5. The number of nitrogens with one attached hydrogen (secondary N) is 1. The van der Waals surface area contributed by atoms with Crippen LogP contribution in [0.15, 0.2) is 29.1 Å². The number of halogens is 1. The number of ketones is 1. The highest BCUT2D eigenvalue weighted by Crippen LogP contribution is 2.18. The van der Waals surface area contributed by atoms with Crippen molar-refractivity contribution in [3.63, 3.8) is 0 Å². The number of hydrogen-bond acceptors (Lipinski definition) is 3. The molecule has 0 atom stereocenters. The first-order valence-corrected chi connectivity index (χ1v) is 4.81. The molecular formula is C11H9FN2O3. The van der Waals surface area contributed by atoms with Crippen molar-refractivity contribution in [1.82, 2.24) is 9.78 Å². The summed E-state index contributed by atoms with van der Waals surface area (Å²) in [6.07, 6.45) is 0. The van der Waals surface area contributed by atoms with Crippen molar-refractivity contribution in [1.29, 1.82) is 0 Å². The van der Waals surface area contributed by atoms with Crippen LogP contribution in [0.2, 0.25) is 0 Å². The molecule has 0 spiro atoms. The van der Waals surface area contributed by atoms with Gasteiger partial charge in [0.25, 0.3) is 5.56 Å². The molecule has 1 aromatic heterocycles. The van der Waals surface area contributed by atoms with E-state index in [1.165, 1.54) is 31.2 Å². The third kappa shape index (κ3) is 1.84. The Morgan fingerprint density at radius 3 is 2.41 bits per heavy atom. The lowest BCUT2D eigenvalue weighted by Gasteiger charge is -2.03. The van der Waals surface area contributed by atoms with Crippen LogP contribution in [0.1, 0.15) is 17.3 Å². The Morgan fingerprint density at radius 2 is 1.94 bits per heavy atom. The summed E-state index contributed by atoms with van der Waals surface area (Å²) in [5.74, 6) is -1.45. The van der Waals surface area contributed by atoms with Crippen LogP contribution < -0.4 is 5.56 Å². The van der Waals surface area contributed by atoms with E-state index in [1.54, 1.807) is 0 Å². The molecule has 0 amide bonds. The molecule has 2 N–H and O–H groups in total. The molecule has 0 aliphatic carbocycles. The highest BCUT2D eigenvalue weighted by Gasteiger charge is 2.18. The van der Waals surface area contributed by atoms with Gasteiger partial charge in [0.2, 0.25) is 5.88 Å². The van der Waals surface area contributed by atoms with Gasteiger partial charge in [-0.3, -0.25) is 14.7 Å². The van der Waals surface area contributed by atoms with Crippen LogP contribution in [0.3, 0.4) is 0 Å². The van der Waals surface area contributed by atoms with Gasteiger partial charge in [-0.1, -0.05) is 0 Å². The minimum absolute atomic E-state index is 0.311. The number of aromatic hydroxyl groups is 1. The SMILES string of the molecule is CC(=O)c1c(O)n(-c2ccc(F)cc2)[nH]c1=O. The number of H-pyrrole nitrogens is 1. The van der Waals surface area contributed by atoms with E-state index in [-0.39, 0.29) is 5.56 Å². The minimum Gasteiger partial charge on any atom is -0.493 e. The molecule has 0 bridgehead atoms. The number of aromatic nitrogens is 2. The lowest BCUT2D eigenvalue weighted by atomic mass is 10.2. The first kappa shape index (κ1) is 11.1. The highest BCUT2D eigenvalue weighted by atomic mass is 19.1. The van der Waals surface area contributed by atoms with Crippen molar-refractivity contribution in [2.45, 2.75) is 6.92 Å². The van der Waals surface area contributed by atoms with Gasteiger partial charge in [-0.15, -0.1) is 0 Å². The van der Waals surface area contributed by atoms with Gasteiger partial charge in [-0.2, -0.15) is 0 Å². The summed E-state index contributed by atoms with van der Waals surface area (Å²) in [6.45, 7) is 1.18. The maximum Gasteiger partial charge on any atom is 0.279 e. The molecule has 0 unspecified atom stereocenters. The quantitative estimate of drug-likeness (QED) is 0.769. The number of benzene rings is 1. The second-order valence-corrected chi connectivity index (χ2v) is 3.51. The molecule has 0 saturated carbocycles. The predicted octanol–water partition coefficient (Wildman–Crippen LogP) is 1.21. The fourth-order valence-corrected chi connectivity index (χ4v) is 1.52. The average molecular weight is 236 g/mol. The van der Waals surface area contributed by atoms with Gasteiger partial charge in [0.1, 0.15) is 11.4 Å². The molecular weight excluding hydrogens is 227 g/mol. The average Bonchev–Trinajstić information content (AvgIpc) is 2.55. The maximum absolute atomic E-state index is 12.7.